The minimum Gasteiger partial charge on any atom is -0.507 e. The Morgan fingerprint density at radius 2 is 1.49 bits per heavy atom. The van der Waals surface area contributed by atoms with Gasteiger partial charge in [-0.1, -0.05) is 0 Å². The number of phenolic OH excluding ortho intramolecular Hbond substituents is 3. The van der Waals surface area contributed by atoms with E-state index in [2.05, 4.69) is 0 Å². The second kappa shape index (κ2) is 8.18. The standard InChI is InChI=1S/C22H20O13/c1-4-8-5(2-6(24)9(4)22(33)34)13(25)10-11(15(8)27)16(28)12(18(30)17(10)29)21-20(32)19(31)14(26)7(3-23)35-21/h2,7,14,19-21,23-24,26,28-32H,3H2,1H3,(H,33,34)/t7?,14-,19-,20?,21+/m1/s1. The van der Waals surface area contributed by atoms with Crippen molar-refractivity contribution in [3.63, 3.8) is 0 Å². The van der Waals surface area contributed by atoms with E-state index in [0.29, 0.717) is 6.07 Å². The molecule has 0 aromatic heterocycles. The van der Waals surface area contributed by atoms with Gasteiger partial charge in [-0.2, -0.15) is 0 Å². The van der Waals surface area contributed by atoms with Crippen molar-refractivity contribution in [1.29, 1.82) is 0 Å². The number of ketones is 2. The predicted molar refractivity (Wildman–Crippen MR) is 111 cm³/mol. The summed E-state index contributed by atoms with van der Waals surface area (Å²) < 4.78 is 5.30. The Kier molecular flexibility index (Phi) is 5.70. The fraction of sp³-hybridized carbons (Fsp3) is 0.318. The molecule has 2 aliphatic rings. The molecule has 0 radical (unpaired) electrons. The lowest BCUT2D eigenvalue weighted by molar-refractivity contribution is -0.232. The van der Waals surface area contributed by atoms with Crippen molar-refractivity contribution in [2.45, 2.75) is 37.4 Å². The number of aromatic hydroxyl groups is 4. The molecule has 1 saturated heterocycles. The number of aliphatic hydroxyl groups excluding tert-OH is 4. The van der Waals surface area contributed by atoms with E-state index in [1.165, 1.54) is 0 Å². The molecule has 2 aromatic carbocycles. The molecule has 9 N–H and O–H groups in total. The number of carbonyl (C=O) groups excluding carboxylic acids is 2. The van der Waals surface area contributed by atoms with Gasteiger partial charge < -0.3 is 50.7 Å². The van der Waals surface area contributed by atoms with Gasteiger partial charge in [0.25, 0.3) is 0 Å². The van der Waals surface area contributed by atoms with Gasteiger partial charge in [0, 0.05) is 11.1 Å². The number of carboxylic acids is 1. The Balaban J connectivity index is 1.99. The van der Waals surface area contributed by atoms with Crippen LogP contribution in [0.3, 0.4) is 0 Å². The first-order valence-corrected chi connectivity index (χ1v) is 10.2. The van der Waals surface area contributed by atoms with Crippen LogP contribution in [0.25, 0.3) is 0 Å². The van der Waals surface area contributed by atoms with Gasteiger partial charge >= 0.3 is 5.97 Å². The summed E-state index contributed by atoms with van der Waals surface area (Å²) in [5.74, 6) is -8.24. The maximum Gasteiger partial charge on any atom is 0.339 e. The highest BCUT2D eigenvalue weighted by Gasteiger charge is 2.48. The zero-order chi connectivity index (χ0) is 26.1. The normalized spacial score (nSPS) is 25.8. The van der Waals surface area contributed by atoms with Gasteiger partial charge in [0.2, 0.25) is 0 Å². The number of hydrogen-bond donors (Lipinski definition) is 9. The van der Waals surface area contributed by atoms with E-state index in [9.17, 15) is 60.3 Å². The SMILES string of the molecule is Cc1c(C(=O)O)c(O)cc2c1C(=O)c1c(O)c([C@@H]3OC(CO)[C@@H](O)[C@@H](O)C3O)c(O)c(O)c1C2=O. The number of aliphatic hydroxyl groups is 4. The fourth-order valence-corrected chi connectivity index (χ4v) is 4.58. The molecule has 0 saturated carbocycles. The van der Waals surface area contributed by atoms with Crippen LogP contribution in [-0.2, 0) is 4.74 Å². The van der Waals surface area contributed by atoms with E-state index in [4.69, 9.17) is 4.74 Å². The molecule has 0 amide bonds. The van der Waals surface area contributed by atoms with Crippen LogP contribution in [0, 0.1) is 6.92 Å². The minimum absolute atomic E-state index is 0.308. The van der Waals surface area contributed by atoms with Crippen LogP contribution < -0.4 is 0 Å². The quantitative estimate of drug-likeness (QED) is 0.154. The molecule has 2 aromatic rings. The lowest BCUT2D eigenvalue weighted by Gasteiger charge is -2.40. The zero-order valence-electron chi connectivity index (χ0n) is 17.8. The fourth-order valence-electron chi connectivity index (χ4n) is 4.58. The molecule has 1 heterocycles. The first-order chi connectivity index (χ1) is 16.3. The predicted octanol–water partition coefficient (Wildman–Crippen LogP) is -1.19. The maximum absolute atomic E-state index is 13.4. The number of phenols is 4. The summed E-state index contributed by atoms with van der Waals surface area (Å²) in [7, 11) is 0. The Morgan fingerprint density at radius 1 is 0.886 bits per heavy atom. The van der Waals surface area contributed by atoms with Crippen LogP contribution in [0.2, 0.25) is 0 Å². The van der Waals surface area contributed by atoms with E-state index in [0.717, 1.165) is 6.92 Å². The lowest BCUT2D eigenvalue weighted by atomic mass is 9.77. The first kappa shape index (κ1) is 24.4. The smallest absolute Gasteiger partial charge is 0.339 e. The van der Waals surface area contributed by atoms with Crippen molar-refractivity contribution in [3.05, 3.63) is 45.0 Å². The van der Waals surface area contributed by atoms with Crippen molar-refractivity contribution in [1.82, 2.24) is 0 Å². The van der Waals surface area contributed by atoms with Gasteiger partial charge in [-0.15, -0.1) is 0 Å². The van der Waals surface area contributed by atoms with Crippen molar-refractivity contribution >= 4 is 17.5 Å². The largest absolute Gasteiger partial charge is 0.507 e. The van der Waals surface area contributed by atoms with E-state index < -0.39 is 111 Å². The van der Waals surface area contributed by atoms with Crippen LogP contribution in [0.4, 0.5) is 0 Å². The number of hydrogen-bond acceptors (Lipinski definition) is 12. The van der Waals surface area contributed by atoms with Gasteiger partial charge in [0.1, 0.15) is 47.6 Å². The van der Waals surface area contributed by atoms with Crippen LogP contribution in [0.5, 0.6) is 23.0 Å². The number of fused-ring (bicyclic) bond motifs is 2. The van der Waals surface area contributed by atoms with Crippen LogP contribution in [0.1, 0.15) is 59.4 Å². The van der Waals surface area contributed by atoms with E-state index in [-0.39, 0.29) is 5.56 Å². The Morgan fingerprint density at radius 3 is 2.06 bits per heavy atom. The Labute approximate surface area is 195 Å². The summed E-state index contributed by atoms with van der Waals surface area (Å²) in [4.78, 5) is 38.1. The number of aromatic carboxylic acids is 1. The molecule has 0 spiro atoms. The third-order valence-electron chi connectivity index (χ3n) is 6.33. The van der Waals surface area contributed by atoms with Gasteiger partial charge in [-0.25, -0.2) is 4.79 Å². The van der Waals surface area contributed by atoms with Crippen LogP contribution in [0.15, 0.2) is 6.07 Å². The lowest BCUT2D eigenvalue weighted by Crippen LogP contribution is -2.55. The molecule has 5 atom stereocenters. The number of carboxylic acid groups (broad SMARTS) is 1. The number of benzene rings is 2. The minimum atomic E-state index is -2.03. The molecular formula is C22H20O13. The third-order valence-corrected chi connectivity index (χ3v) is 6.33. The third kappa shape index (κ3) is 3.25. The molecule has 0 bridgehead atoms. The summed E-state index contributed by atoms with van der Waals surface area (Å²) in [6, 6.07) is 0.716. The van der Waals surface area contributed by atoms with Crippen molar-refractivity contribution in [2.75, 3.05) is 6.61 Å². The van der Waals surface area contributed by atoms with E-state index in [1.54, 1.807) is 0 Å². The van der Waals surface area contributed by atoms with Gasteiger partial charge in [-0.05, 0) is 18.6 Å². The number of rotatable bonds is 3. The molecular weight excluding hydrogens is 472 g/mol. The highest BCUT2D eigenvalue weighted by atomic mass is 16.5. The van der Waals surface area contributed by atoms with E-state index >= 15 is 0 Å². The molecule has 13 heteroatoms. The summed E-state index contributed by atoms with van der Waals surface area (Å²) >= 11 is 0. The molecule has 1 fully saturated rings. The highest BCUT2D eigenvalue weighted by molar-refractivity contribution is 6.31. The molecule has 186 valence electrons. The summed E-state index contributed by atoms with van der Waals surface area (Å²) in [6.45, 7) is 0.291. The van der Waals surface area contributed by atoms with Crippen LogP contribution in [-0.4, -0.2) is 94.5 Å². The maximum atomic E-state index is 13.4. The average Bonchev–Trinajstić information content (AvgIpc) is 2.79. The van der Waals surface area contributed by atoms with Gasteiger partial charge in [0.05, 0.1) is 23.3 Å². The van der Waals surface area contributed by atoms with Crippen LogP contribution >= 0.6 is 0 Å². The molecule has 4 rings (SSSR count). The molecule has 2 unspecified atom stereocenters. The summed E-state index contributed by atoms with van der Waals surface area (Å²) in [5.41, 5.74) is -4.49. The highest BCUT2D eigenvalue weighted by Crippen LogP contribution is 2.52. The number of ether oxygens (including phenoxy) is 1. The zero-order valence-corrected chi connectivity index (χ0v) is 17.8. The molecule has 1 aliphatic carbocycles. The van der Waals surface area contributed by atoms with Crippen molar-refractivity contribution in [3.8, 4) is 23.0 Å². The first-order valence-electron chi connectivity index (χ1n) is 10.2. The topological polar surface area (TPSA) is 243 Å². The number of carbonyl (C=O) groups is 3. The monoisotopic (exact) mass is 492 g/mol. The van der Waals surface area contributed by atoms with E-state index in [1.807, 2.05) is 0 Å². The summed E-state index contributed by atoms with van der Waals surface area (Å²) in [6.07, 6.45) is -9.12. The van der Waals surface area contributed by atoms with Gasteiger partial charge in [-0.3, -0.25) is 9.59 Å². The molecule has 35 heavy (non-hydrogen) atoms. The second-order valence-corrected chi connectivity index (χ2v) is 8.24. The summed E-state index contributed by atoms with van der Waals surface area (Å²) in [5, 5.41) is 91.5. The van der Waals surface area contributed by atoms with Crippen molar-refractivity contribution < 1.29 is 65.1 Å². The second-order valence-electron chi connectivity index (χ2n) is 8.24. The Hall–Kier alpha value is -3.75. The molecule has 13 nitrogen and oxygen atoms in total. The Bertz CT molecular complexity index is 1300. The average molecular weight is 492 g/mol. The molecule has 1 aliphatic heterocycles. The van der Waals surface area contributed by atoms with Gasteiger partial charge in [0.15, 0.2) is 23.1 Å². The van der Waals surface area contributed by atoms with Crippen molar-refractivity contribution in [2.24, 2.45) is 0 Å².